The van der Waals surface area contributed by atoms with Gasteiger partial charge in [-0.1, -0.05) is 19.9 Å². The van der Waals surface area contributed by atoms with Crippen LogP contribution < -0.4 is 25.3 Å². The predicted molar refractivity (Wildman–Crippen MR) is 145 cm³/mol. The summed E-state index contributed by atoms with van der Waals surface area (Å²) in [6.07, 6.45) is 0.875. The van der Waals surface area contributed by atoms with Crippen LogP contribution in [0.25, 0.3) is 0 Å². The van der Waals surface area contributed by atoms with Crippen molar-refractivity contribution in [2.45, 2.75) is 46.5 Å². The number of carbonyl (C=O) groups excluding carboxylic acids is 2. The number of nitrogens with zero attached hydrogens (tertiary/aromatic N) is 1. The van der Waals surface area contributed by atoms with Gasteiger partial charge in [0, 0.05) is 24.1 Å². The van der Waals surface area contributed by atoms with Crippen LogP contribution in [0, 0.1) is 16.7 Å². The standard InChI is InChI=1S/C30H33N3O6/c1-5-36-20-10-8-19(9-11-20)33-26(35)17-38-23-12-7-18(13-24(23)37-6-2)27-21(16-31)29(32)39-25-15-30(3,4)14-22(34)28(25)27/h7-13,27H,5-6,14-15,17,32H2,1-4H3,(H,33,35). The molecule has 1 unspecified atom stereocenters. The highest BCUT2D eigenvalue weighted by molar-refractivity contribution is 6.00. The summed E-state index contributed by atoms with van der Waals surface area (Å²) in [6.45, 7) is 8.38. The number of amides is 1. The Kier molecular flexibility index (Phi) is 8.15. The number of nitriles is 1. The fraction of sp³-hybridized carbons (Fsp3) is 0.367. The van der Waals surface area contributed by atoms with Gasteiger partial charge in [-0.15, -0.1) is 0 Å². The Hall–Kier alpha value is -4.45. The topological polar surface area (TPSA) is 133 Å². The van der Waals surface area contributed by atoms with E-state index in [1.54, 1.807) is 42.5 Å². The van der Waals surface area contributed by atoms with Crippen LogP contribution in [-0.4, -0.2) is 31.5 Å². The van der Waals surface area contributed by atoms with Gasteiger partial charge in [-0.3, -0.25) is 9.59 Å². The summed E-state index contributed by atoms with van der Waals surface area (Å²) in [5.74, 6) is 0.859. The normalized spacial score (nSPS) is 18.0. The Morgan fingerprint density at radius 3 is 2.46 bits per heavy atom. The average Bonchev–Trinajstić information content (AvgIpc) is 2.88. The van der Waals surface area contributed by atoms with Gasteiger partial charge in [-0.2, -0.15) is 5.26 Å². The van der Waals surface area contributed by atoms with Crippen molar-refractivity contribution in [1.29, 1.82) is 5.26 Å². The number of rotatable bonds is 9. The molecule has 0 fully saturated rings. The largest absolute Gasteiger partial charge is 0.494 e. The van der Waals surface area contributed by atoms with E-state index in [-0.39, 0.29) is 35.2 Å². The zero-order valence-electron chi connectivity index (χ0n) is 22.6. The summed E-state index contributed by atoms with van der Waals surface area (Å²) in [6, 6.07) is 14.3. The third kappa shape index (κ3) is 6.17. The molecule has 2 aliphatic rings. The first kappa shape index (κ1) is 27.6. The summed E-state index contributed by atoms with van der Waals surface area (Å²) in [5.41, 5.74) is 7.75. The summed E-state index contributed by atoms with van der Waals surface area (Å²) >= 11 is 0. The van der Waals surface area contributed by atoms with E-state index in [1.807, 2.05) is 27.7 Å². The predicted octanol–water partition coefficient (Wildman–Crippen LogP) is 4.95. The van der Waals surface area contributed by atoms with Crippen LogP contribution in [-0.2, 0) is 14.3 Å². The number of hydrogen-bond donors (Lipinski definition) is 2. The molecule has 0 spiro atoms. The highest BCUT2D eigenvalue weighted by Crippen LogP contribution is 2.48. The van der Waals surface area contributed by atoms with Gasteiger partial charge in [0.05, 0.1) is 19.1 Å². The molecule has 3 N–H and O–H groups in total. The molecule has 0 radical (unpaired) electrons. The first-order valence-corrected chi connectivity index (χ1v) is 12.9. The molecule has 0 saturated heterocycles. The van der Waals surface area contributed by atoms with E-state index in [0.29, 0.717) is 60.1 Å². The molecule has 0 saturated carbocycles. The van der Waals surface area contributed by atoms with Gasteiger partial charge in [0.2, 0.25) is 5.88 Å². The van der Waals surface area contributed by atoms with Crippen LogP contribution in [0.3, 0.4) is 0 Å². The van der Waals surface area contributed by atoms with Gasteiger partial charge >= 0.3 is 0 Å². The van der Waals surface area contributed by atoms with E-state index in [1.165, 1.54) is 0 Å². The fourth-order valence-corrected chi connectivity index (χ4v) is 4.85. The summed E-state index contributed by atoms with van der Waals surface area (Å²) < 4.78 is 22.8. The van der Waals surface area contributed by atoms with E-state index in [4.69, 9.17) is 24.7 Å². The SMILES string of the molecule is CCOc1ccc(NC(=O)COc2ccc(C3C(C#N)=C(N)OC4=C3C(=O)CC(C)(C)C4)cc2OCC)cc1. The summed E-state index contributed by atoms with van der Waals surface area (Å²) in [7, 11) is 0. The Morgan fingerprint density at radius 2 is 1.79 bits per heavy atom. The lowest BCUT2D eigenvalue weighted by molar-refractivity contribution is -0.119. The van der Waals surface area contributed by atoms with Crippen molar-refractivity contribution in [3.63, 3.8) is 0 Å². The Morgan fingerprint density at radius 1 is 1.08 bits per heavy atom. The van der Waals surface area contributed by atoms with E-state index in [2.05, 4.69) is 11.4 Å². The second-order valence-corrected chi connectivity index (χ2v) is 10.1. The van der Waals surface area contributed by atoms with Crippen molar-refractivity contribution >= 4 is 17.4 Å². The van der Waals surface area contributed by atoms with Gasteiger partial charge in [-0.25, -0.2) is 0 Å². The van der Waals surface area contributed by atoms with Crippen molar-refractivity contribution in [1.82, 2.24) is 0 Å². The lowest BCUT2D eigenvalue weighted by atomic mass is 9.70. The molecule has 9 nitrogen and oxygen atoms in total. The summed E-state index contributed by atoms with van der Waals surface area (Å²) in [4.78, 5) is 25.8. The maximum absolute atomic E-state index is 13.2. The zero-order chi connectivity index (χ0) is 28.2. The lowest BCUT2D eigenvalue weighted by Gasteiger charge is -2.37. The Bertz CT molecular complexity index is 1370. The number of anilines is 1. The molecular weight excluding hydrogens is 498 g/mol. The van der Waals surface area contributed by atoms with Crippen molar-refractivity contribution in [2.75, 3.05) is 25.1 Å². The molecule has 9 heteroatoms. The van der Waals surface area contributed by atoms with Crippen molar-refractivity contribution in [2.24, 2.45) is 11.1 Å². The second kappa shape index (κ2) is 11.5. The molecule has 39 heavy (non-hydrogen) atoms. The second-order valence-electron chi connectivity index (χ2n) is 10.1. The number of hydrogen-bond acceptors (Lipinski definition) is 8. The van der Waals surface area contributed by atoms with E-state index < -0.39 is 5.92 Å². The van der Waals surface area contributed by atoms with E-state index in [0.717, 1.165) is 5.75 Å². The van der Waals surface area contributed by atoms with Crippen molar-refractivity contribution in [3.05, 3.63) is 70.8 Å². The van der Waals surface area contributed by atoms with Crippen LogP contribution in [0.4, 0.5) is 5.69 Å². The summed E-state index contributed by atoms with van der Waals surface area (Å²) in [5, 5.41) is 12.7. The molecule has 0 aromatic heterocycles. The molecule has 1 aliphatic heterocycles. The minimum absolute atomic E-state index is 0.00371. The number of nitrogens with one attached hydrogen (secondary N) is 1. The highest BCUT2D eigenvalue weighted by Gasteiger charge is 2.43. The first-order chi connectivity index (χ1) is 18.7. The minimum Gasteiger partial charge on any atom is -0.494 e. The smallest absolute Gasteiger partial charge is 0.262 e. The van der Waals surface area contributed by atoms with E-state index >= 15 is 0 Å². The van der Waals surface area contributed by atoms with E-state index in [9.17, 15) is 14.9 Å². The third-order valence-electron chi connectivity index (χ3n) is 6.48. The number of ketones is 1. The maximum atomic E-state index is 13.2. The molecule has 1 heterocycles. The minimum atomic E-state index is -0.682. The number of carbonyl (C=O) groups is 2. The van der Waals surface area contributed by atoms with Gasteiger partial charge < -0.3 is 30.0 Å². The van der Waals surface area contributed by atoms with Gasteiger partial charge in [0.25, 0.3) is 5.91 Å². The number of nitrogens with two attached hydrogens (primary N) is 1. The quantitative estimate of drug-likeness (QED) is 0.464. The molecule has 2 aromatic carbocycles. The molecule has 1 aliphatic carbocycles. The lowest BCUT2D eigenvalue weighted by Crippen LogP contribution is -2.33. The third-order valence-corrected chi connectivity index (χ3v) is 6.48. The van der Waals surface area contributed by atoms with Crippen LogP contribution in [0.15, 0.2) is 65.3 Å². The van der Waals surface area contributed by atoms with Crippen LogP contribution >= 0.6 is 0 Å². The molecule has 204 valence electrons. The molecule has 2 aromatic rings. The highest BCUT2D eigenvalue weighted by atomic mass is 16.5. The Labute approximate surface area is 228 Å². The number of ether oxygens (including phenoxy) is 4. The van der Waals surface area contributed by atoms with Gasteiger partial charge in [-0.05, 0) is 61.2 Å². The molecule has 1 amide bonds. The molecule has 1 atom stereocenters. The monoisotopic (exact) mass is 531 g/mol. The van der Waals surface area contributed by atoms with Crippen molar-refractivity contribution < 1.29 is 28.5 Å². The van der Waals surface area contributed by atoms with Crippen LogP contribution in [0.5, 0.6) is 17.2 Å². The Balaban J connectivity index is 1.56. The van der Waals surface area contributed by atoms with Crippen molar-refractivity contribution in [3.8, 4) is 23.3 Å². The number of benzene rings is 2. The first-order valence-electron chi connectivity index (χ1n) is 12.9. The zero-order valence-corrected chi connectivity index (χ0v) is 22.6. The van der Waals surface area contributed by atoms with Gasteiger partial charge in [0.15, 0.2) is 23.9 Å². The number of Topliss-reactive ketones (excluding diaryl/α,β-unsaturated/α-hetero) is 1. The molecule has 4 rings (SSSR count). The van der Waals surface area contributed by atoms with Crippen LogP contribution in [0.2, 0.25) is 0 Å². The van der Waals surface area contributed by atoms with Gasteiger partial charge in [0.1, 0.15) is 23.2 Å². The van der Waals surface area contributed by atoms with Crippen LogP contribution in [0.1, 0.15) is 52.0 Å². The molecule has 0 bridgehead atoms. The average molecular weight is 532 g/mol. The maximum Gasteiger partial charge on any atom is 0.262 e. The number of allylic oxidation sites excluding steroid dienone is 3. The molecular formula is C30H33N3O6. The fourth-order valence-electron chi connectivity index (χ4n) is 4.85.